The second-order valence-corrected chi connectivity index (χ2v) is 10.7. The van der Waals surface area contributed by atoms with Crippen molar-refractivity contribution >= 4 is 23.4 Å². The molecule has 0 aliphatic carbocycles. The number of thioether (sulfide) groups is 1. The molecule has 3 heterocycles. The van der Waals surface area contributed by atoms with Crippen LogP contribution in [0.25, 0.3) is 0 Å². The van der Waals surface area contributed by atoms with Crippen LogP contribution in [-0.2, 0) is 9.53 Å². The van der Waals surface area contributed by atoms with Gasteiger partial charge in [-0.2, -0.15) is 0 Å². The maximum atomic E-state index is 11.9. The number of carbonyl (C=O) groups excluding carboxylic acids is 1. The van der Waals surface area contributed by atoms with Crippen LogP contribution >= 0.6 is 11.8 Å². The molecule has 0 bridgehead atoms. The molecular weight excluding hydrogens is 446 g/mol. The average Bonchev–Trinajstić information content (AvgIpc) is 3.41. The molecule has 2 N–H and O–H groups in total. The van der Waals surface area contributed by atoms with E-state index in [-0.39, 0.29) is 11.2 Å². The number of hydrogen-bond acceptors (Lipinski definition) is 6. The largest absolute Gasteiger partial charge is 0.376 e. The Morgan fingerprint density at radius 1 is 1.38 bits per heavy atom. The maximum Gasteiger partial charge on any atom is 0.236 e. The summed E-state index contributed by atoms with van der Waals surface area (Å²) in [7, 11) is 2.23. The summed E-state index contributed by atoms with van der Waals surface area (Å²) in [6.07, 6.45) is 12.1. The SMILES string of the molecule is C=C/C=C(\C=C/COC[C@@H]1CCCN1C1CC(C)c2ccccc2N1C)CC1SC(O)NC1=O. The molecule has 3 aliphatic rings. The Bertz CT molecular complexity index is 933. The molecule has 0 aromatic heterocycles. The number of aliphatic hydroxyl groups excluding tert-OH is 1. The van der Waals surface area contributed by atoms with Crippen LogP contribution in [0, 0.1) is 0 Å². The van der Waals surface area contributed by atoms with E-state index < -0.39 is 5.56 Å². The molecule has 4 unspecified atom stereocenters. The fourth-order valence-corrected chi connectivity index (χ4v) is 6.39. The van der Waals surface area contributed by atoms with E-state index in [1.165, 1.54) is 35.9 Å². The number of allylic oxidation sites excluding steroid dienone is 4. The smallest absolute Gasteiger partial charge is 0.236 e. The van der Waals surface area contributed by atoms with E-state index in [2.05, 4.69) is 59.9 Å². The van der Waals surface area contributed by atoms with E-state index in [1.54, 1.807) is 6.08 Å². The summed E-state index contributed by atoms with van der Waals surface area (Å²) in [6, 6.07) is 9.22. The first-order valence-corrected chi connectivity index (χ1v) is 13.2. The first-order valence-electron chi connectivity index (χ1n) is 12.2. The summed E-state index contributed by atoms with van der Waals surface area (Å²) in [5.41, 5.74) is 2.98. The number of aliphatic hydroxyl groups is 1. The van der Waals surface area contributed by atoms with Crippen LogP contribution in [0.4, 0.5) is 5.69 Å². The van der Waals surface area contributed by atoms with Crippen LogP contribution < -0.4 is 10.2 Å². The summed E-state index contributed by atoms with van der Waals surface area (Å²) in [6.45, 7) is 8.49. The lowest BCUT2D eigenvalue weighted by molar-refractivity contribution is -0.121. The summed E-state index contributed by atoms with van der Waals surface area (Å²) < 4.78 is 6.08. The number of para-hydroxylation sites is 1. The van der Waals surface area contributed by atoms with Crippen LogP contribution in [0.3, 0.4) is 0 Å². The van der Waals surface area contributed by atoms with Gasteiger partial charge in [0.2, 0.25) is 5.91 Å². The second kappa shape index (κ2) is 11.6. The van der Waals surface area contributed by atoms with Crippen molar-refractivity contribution in [3.8, 4) is 0 Å². The van der Waals surface area contributed by atoms with Crippen molar-refractivity contribution < 1.29 is 14.6 Å². The van der Waals surface area contributed by atoms with Gasteiger partial charge in [0.05, 0.1) is 24.6 Å². The predicted octanol–water partition coefficient (Wildman–Crippen LogP) is 4.00. The van der Waals surface area contributed by atoms with Gasteiger partial charge in [-0.3, -0.25) is 9.69 Å². The minimum Gasteiger partial charge on any atom is -0.376 e. The average molecular weight is 484 g/mol. The Hall–Kier alpha value is -2.06. The highest BCUT2D eigenvalue weighted by Gasteiger charge is 2.37. The summed E-state index contributed by atoms with van der Waals surface area (Å²) in [5, 5.41) is 11.9. The number of amides is 1. The molecule has 6 nitrogen and oxygen atoms in total. The first-order chi connectivity index (χ1) is 16.5. The molecule has 1 amide bonds. The Labute approximate surface area is 207 Å². The monoisotopic (exact) mass is 483 g/mol. The lowest BCUT2D eigenvalue weighted by atomic mass is 9.89. The van der Waals surface area contributed by atoms with Gasteiger partial charge in [-0.15, -0.1) is 0 Å². The van der Waals surface area contributed by atoms with Crippen LogP contribution in [0.2, 0.25) is 0 Å². The van der Waals surface area contributed by atoms with Gasteiger partial charge in [0.15, 0.2) is 5.56 Å². The molecule has 1 aromatic carbocycles. The zero-order chi connectivity index (χ0) is 24.1. The molecule has 0 spiro atoms. The van der Waals surface area contributed by atoms with Crippen molar-refractivity contribution in [3.05, 3.63) is 66.3 Å². The van der Waals surface area contributed by atoms with Crippen LogP contribution in [0.1, 0.15) is 44.1 Å². The molecule has 34 heavy (non-hydrogen) atoms. The number of carbonyl (C=O) groups is 1. The molecule has 5 atom stereocenters. The van der Waals surface area contributed by atoms with Gasteiger partial charge in [0.1, 0.15) is 0 Å². The van der Waals surface area contributed by atoms with Crippen molar-refractivity contribution in [2.75, 3.05) is 31.7 Å². The van der Waals surface area contributed by atoms with Gasteiger partial charge in [0.25, 0.3) is 0 Å². The van der Waals surface area contributed by atoms with Crippen molar-refractivity contribution in [3.63, 3.8) is 0 Å². The summed E-state index contributed by atoms with van der Waals surface area (Å²) in [4.78, 5) is 17.0. The van der Waals surface area contributed by atoms with Gasteiger partial charge in [0, 0.05) is 25.3 Å². The Balaban J connectivity index is 1.29. The lowest BCUT2D eigenvalue weighted by Gasteiger charge is -2.45. The van der Waals surface area contributed by atoms with Crippen LogP contribution in [0.15, 0.2) is 60.7 Å². The third kappa shape index (κ3) is 5.77. The number of fused-ring (bicyclic) bond motifs is 1. The van der Waals surface area contributed by atoms with E-state index >= 15 is 0 Å². The molecule has 7 heteroatoms. The Morgan fingerprint density at radius 3 is 2.97 bits per heavy atom. The summed E-state index contributed by atoms with van der Waals surface area (Å²) in [5.74, 6) is 0.432. The third-order valence-corrected chi connectivity index (χ3v) is 8.21. The van der Waals surface area contributed by atoms with Gasteiger partial charge in [-0.05, 0) is 48.8 Å². The molecule has 0 saturated carbocycles. The normalized spacial score (nSPS) is 30.1. The molecule has 2 saturated heterocycles. The zero-order valence-corrected chi connectivity index (χ0v) is 21.0. The fraction of sp³-hybridized carbons (Fsp3) is 0.519. The number of hydrogen-bond donors (Lipinski definition) is 2. The van der Waals surface area contributed by atoms with Gasteiger partial charge >= 0.3 is 0 Å². The van der Waals surface area contributed by atoms with E-state index in [1.807, 2.05) is 18.2 Å². The van der Waals surface area contributed by atoms with E-state index in [9.17, 15) is 9.90 Å². The van der Waals surface area contributed by atoms with Crippen LogP contribution in [0.5, 0.6) is 0 Å². The molecule has 0 radical (unpaired) electrons. The standard InChI is InChI=1S/C27H37N3O3S/c1-4-9-20(17-24-26(31)28-27(32)34-24)10-8-15-33-18-21-11-7-14-30(21)25-16-19(2)22-12-5-6-13-23(22)29(25)3/h4-6,8-10,12-13,19,21,24-25,27,32H,1,7,11,14-18H2,2-3H3,(H,28,31)/b10-8-,20-9+/t19?,21-,24?,25?,27?/m0/s1. The molecule has 1 aromatic rings. The number of nitrogens with zero attached hydrogens (tertiary/aromatic N) is 2. The molecule has 4 rings (SSSR count). The summed E-state index contributed by atoms with van der Waals surface area (Å²) >= 11 is 1.24. The van der Waals surface area contributed by atoms with Gasteiger partial charge < -0.3 is 20.1 Å². The van der Waals surface area contributed by atoms with Crippen molar-refractivity contribution in [2.45, 2.75) is 61.5 Å². The first kappa shape index (κ1) is 25.0. The Kier molecular flexibility index (Phi) is 8.53. The van der Waals surface area contributed by atoms with Crippen molar-refractivity contribution in [1.29, 1.82) is 0 Å². The zero-order valence-electron chi connectivity index (χ0n) is 20.2. The van der Waals surface area contributed by atoms with Gasteiger partial charge in [-0.25, -0.2) is 0 Å². The minimum absolute atomic E-state index is 0.122. The molecule has 184 valence electrons. The highest BCUT2D eigenvalue weighted by molar-refractivity contribution is 8.01. The maximum absolute atomic E-state index is 11.9. The predicted molar refractivity (Wildman–Crippen MR) is 140 cm³/mol. The number of benzene rings is 1. The van der Waals surface area contributed by atoms with Gasteiger partial charge in [-0.1, -0.05) is 67.8 Å². The topological polar surface area (TPSA) is 65.0 Å². The number of anilines is 1. The van der Waals surface area contributed by atoms with Crippen molar-refractivity contribution in [1.82, 2.24) is 10.2 Å². The Morgan fingerprint density at radius 2 is 2.21 bits per heavy atom. The van der Waals surface area contributed by atoms with Crippen molar-refractivity contribution in [2.24, 2.45) is 0 Å². The molecule has 3 aliphatic heterocycles. The van der Waals surface area contributed by atoms with E-state index in [0.717, 1.165) is 25.1 Å². The molecule has 2 fully saturated rings. The van der Waals surface area contributed by atoms with Crippen LogP contribution in [-0.4, -0.2) is 65.7 Å². The second-order valence-electron chi connectivity index (χ2n) is 9.43. The number of rotatable bonds is 9. The lowest BCUT2D eigenvalue weighted by Crippen LogP contribution is -2.52. The number of ether oxygens (including phenoxy) is 1. The number of likely N-dealkylation sites (tertiary alicyclic amines) is 1. The fourth-order valence-electron chi connectivity index (χ4n) is 5.41. The highest BCUT2D eigenvalue weighted by Crippen LogP contribution is 2.40. The third-order valence-electron chi connectivity index (χ3n) is 7.13. The number of nitrogens with one attached hydrogen (secondary N) is 1. The highest BCUT2D eigenvalue weighted by atomic mass is 32.2. The van der Waals surface area contributed by atoms with E-state index in [4.69, 9.17) is 4.74 Å². The molecular formula is C27H37N3O3S. The minimum atomic E-state index is -0.816. The quantitative estimate of drug-likeness (QED) is 0.409. The van der Waals surface area contributed by atoms with E-state index in [0.29, 0.717) is 31.2 Å².